The second-order valence-corrected chi connectivity index (χ2v) is 8.67. The Balaban J connectivity index is 1.62. The van der Waals surface area contributed by atoms with Crippen molar-refractivity contribution in [3.63, 3.8) is 0 Å². The summed E-state index contributed by atoms with van der Waals surface area (Å²) in [6.07, 6.45) is 0. The zero-order chi connectivity index (χ0) is 20.3. The number of benzene rings is 2. The van der Waals surface area contributed by atoms with Crippen molar-refractivity contribution in [1.82, 2.24) is 14.9 Å². The summed E-state index contributed by atoms with van der Waals surface area (Å²) in [5.41, 5.74) is 1.73. The van der Waals surface area contributed by atoms with E-state index in [9.17, 15) is 4.39 Å². The maximum absolute atomic E-state index is 13.9. The first kappa shape index (κ1) is 20.5. The van der Waals surface area contributed by atoms with Crippen molar-refractivity contribution in [2.75, 3.05) is 5.84 Å². The normalized spacial score (nSPS) is 11.6. The third kappa shape index (κ3) is 4.77. The largest absolute Gasteiger partial charge is 0.486 e. The van der Waals surface area contributed by atoms with Gasteiger partial charge in [0.1, 0.15) is 18.2 Å². The molecular formula is C20H22ClFN4OS. The summed E-state index contributed by atoms with van der Waals surface area (Å²) in [5.74, 6) is 7.20. The van der Waals surface area contributed by atoms with Gasteiger partial charge in [0, 0.05) is 16.3 Å². The van der Waals surface area contributed by atoms with Crippen molar-refractivity contribution in [3.8, 4) is 5.75 Å². The Morgan fingerprint density at radius 3 is 2.50 bits per heavy atom. The van der Waals surface area contributed by atoms with Crippen LogP contribution in [0, 0.1) is 5.82 Å². The van der Waals surface area contributed by atoms with E-state index in [2.05, 4.69) is 31.0 Å². The van der Waals surface area contributed by atoms with E-state index in [1.165, 1.54) is 28.1 Å². The van der Waals surface area contributed by atoms with E-state index < -0.39 is 0 Å². The van der Waals surface area contributed by atoms with E-state index in [4.69, 9.17) is 22.2 Å². The fraction of sp³-hybridized carbons (Fsp3) is 0.300. The molecule has 0 spiro atoms. The maximum Gasteiger partial charge on any atom is 0.210 e. The molecule has 148 valence electrons. The standard InChI is InChI=1S/C20H22ClFN4OS/c1-20(2,3)13-7-9-14(10-8-13)27-11-18-24-25-19(26(18)23)28-12-15-16(21)5-4-6-17(15)22/h4-10H,11-12,23H2,1-3H3. The van der Waals surface area contributed by atoms with Crippen molar-refractivity contribution in [1.29, 1.82) is 0 Å². The number of rotatable bonds is 6. The summed E-state index contributed by atoms with van der Waals surface area (Å²) >= 11 is 7.31. The lowest BCUT2D eigenvalue weighted by molar-refractivity contribution is 0.291. The molecule has 0 aliphatic carbocycles. The molecule has 3 rings (SSSR count). The molecule has 0 aliphatic rings. The fourth-order valence-corrected chi connectivity index (χ4v) is 3.73. The van der Waals surface area contributed by atoms with Crippen molar-refractivity contribution in [2.24, 2.45) is 0 Å². The Hall–Kier alpha value is -2.25. The Labute approximate surface area is 173 Å². The van der Waals surface area contributed by atoms with Crippen LogP contribution in [-0.4, -0.2) is 14.9 Å². The molecule has 2 N–H and O–H groups in total. The highest BCUT2D eigenvalue weighted by atomic mass is 35.5. The van der Waals surface area contributed by atoms with Gasteiger partial charge in [-0.3, -0.25) is 0 Å². The molecule has 0 saturated heterocycles. The minimum absolute atomic E-state index is 0.0865. The summed E-state index contributed by atoms with van der Waals surface area (Å²) in [7, 11) is 0. The molecule has 5 nitrogen and oxygen atoms in total. The lowest BCUT2D eigenvalue weighted by Crippen LogP contribution is -2.16. The Kier molecular flexibility index (Phi) is 6.15. The number of hydrogen-bond donors (Lipinski definition) is 1. The zero-order valence-electron chi connectivity index (χ0n) is 15.9. The molecule has 0 radical (unpaired) electrons. The number of ether oxygens (including phenoxy) is 1. The van der Waals surface area contributed by atoms with Crippen LogP contribution in [0.3, 0.4) is 0 Å². The highest BCUT2D eigenvalue weighted by Crippen LogP contribution is 2.28. The minimum atomic E-state index is -0.356. The highest BCUT2D eigenvalue weighted by molar-refractivity contribution is 7.98. The molecule has 0 unspecified atom stereocenters. The summed E-state index contributed by atoms with van der Waals surface area (Å²) in [4.78, 5) is 0. The number of thioether (sulfide) groups is 1. The number of nitrogens with zero attached hydrogens (tertiary/aromatic N) is 3. The van der Waals surface area contributed by atoms with Crippen molar-refractivity contribution < 1.29 is 9.13 Å². The average Bonchev–Trinajstić information content (AvgIpc) is 2.99. The smallest absolute Gasteiger partial charge is 0.210 e. The molecule has 1 heterocycles. The van der Waals surface area contributed by atoms with Crippen LogP contribution in [0.4, 0.5) is 4.39 Å². The van der Waals surface area contributed by atoms with Crippen molar-refractivity contribution in [2.45, 2.75) is 43.7 Å². The summed E-state index contributed by atoms with van der Waals surface area (Å²) in [6.45, 7) is 6.66. The molecule has 8 heteroatoms. The van der Waals surface area contributed by atoms with E-state index in [-0.39, 0.29) is 17.8 Å². The van der Waals surface area contributed by atoms with E-state index in [1.54, 1.807) is 12.1 Å². The number of nitrogens with two attached hydrogens (primary N) is 1. The first-order chi connectivity index (χ1) is 13.3. The van der Waals surface area contributed by atoms with Gasteiger partial charge in [-0.15, -0.1) is 10.2 Å². The molecule has 0 amide bonds. The van der Waals surface area contributed by atoms with E-state index >= 15 is 0 Å². The van der Waals surface area contributed by atoms with Gasteiger partial charge in [0.05, 0.1) is 0 Å². The molecule has 0 saturated carbocycles. The van der Waals surface area contributed by atoms with Gasteiger partial charge in [-0.25, -0.2) is 9.07 Å². The first-order valence-electron chi connectivity index (χ1n) is 8.74. The molecule has 0 bridgehead atoms. The Morgan fingerprint density at radius 2 is 1.86 bits per heavy atom. The van der Waals surface area contributed by atoms with Gasteiger partial charge < -0.3 is 10.6 Å². The molecule has 1 aromatic heterocycles. The lowest BCUT2D eigenvalue weighted by Gasteiger charge is -2.19. The van der Waals surface area contributed by atoms with Crippen molar-refractivity contribution >= 4 is 23.4 Å². The van der Waals surface area contributed by atoms with E-state index in [0.29, 0.717) is 27.3 Å². The SMILES string of the molecule is CC(C)(C)c1ccc(OCc2nnc(SCc3c(F)cccc3Cl)n2N)cc1. The van der Waals surface area contributed by atoms with Crippen LogP contribution in [0.15, 0.2) is 47.6 Å². The zero-order valence-corrected chi connectivity index (χ0v) is 17.5. The highest BCUT2D eigenvalue weighted by Gasteiger charge is 2.15. The molecule has 0 fully saturated rings. The van der Waals surface area contributed by atoms with Crippen LogP contribution in [0.1, 0.15) is 37.7 Å². The molecule has 3 aromatic rings. The molecule has 0 aliphatic heterocycles. The second kappa shape index (κ2) is 8.41. The van der Waals surface area contributed by atoms with E-state index in [0.717, 1.165) is 5.75 Å². The third-order valence-electron chi connectivity index (χ3n) is 4.23. The predicted octanol–water partition coefficient (Wildman–Crippen LogP) is 4.95. The number of nitrogen functional groups attached to an aromatic ring is 1. The van der Waals surface area contributed by atoms with Crippen LogP contribution in [0.5, 0.6) is 5.75 Å². The second-order valence-electron chi connectivity index (χ2n) is 7.32. The molecular weight excluding hydrogens is 399 g/mol. The average molecular weight is 421 g/mol. The van der Waals surface area contributed by atoms with Crippen molar-refractivity contribution in [3.05, 3.63) is 70.3 Å². The van der Waals surface area contributed by atoms with Gasteiger partial charge >= 0.3 is 0 Å². The van der Waals surface area contributed by atoms with Crippen LogP contribution in [0.2, 0.25) is 5.02 Å². The summed E-state index contributed by atoms with van der Waals surface area (Å²) in [5, 5.41) is 8.95. The third-order valence-corrected chi connectivity index (χ3v) is 5.55. The van der Waals surface area contributed by atoms with Crippen LogP contribution >= 0.6 is 23.4 Å². The van der Waals surface area contributed by atoms with Crippen LogP contribution in [-0.2, 0) is 17.8 Å². The number of halogens is 2. The van der Waals surface area contributed by atoms with Gasteiger partial charge in [0.25, 0.3) is 0 Å². The predicted molar refractivity (Wildman–Crippen MR) is 111 cm³/mol. The monoisotopic (exact) mass is 420 g/mol. The molecule has 28 heavy (non-hydrogen) atoms. The van der Waals surface area contributed by atoms with Gasteiger partial charge in [-0.1, -0.05) is 62.3 Å². The van der Waals surface area contributed by atoms with Crippen LogP contribution in [0.25, 0.3) is 0 Å². The fourth-order valence-electron chi connectivity index (χ4n) is 2.51. The topological polar surface area (TPSA) is 66.0 Å². The summed E-state index contributed by atoms with van der Waals surface area (Å²) in [6, 6.07) is 12.5. The van der Waals surface area contributed by atoms with E-state index in [1.807, 2.05) is 24.3 Å². The Bertz CT molecular complexity index is 934. The van der Waals surface area contributed by atoms with Crippen LogP contribution < -0.4 is 10.6 Å². The Morgan fingerprint density at radius 1 is 1.14 bits per heavy atom. The van der Waals surface area contributed by atoms with Gasteiger partial charge in [0.15, 0.2) is 5.82 Å². The number of aromatic nitrogens is 3. The lowest BCUT2D eigenvalue weighted by atomic mass is 9.87. The quantitative estimate of drug-likeness (QED) is 0.451. The molecule has 0 atom stereocenters. The summed E-state index contributed by atoms with van der Waals surface area (Å²) < 4.78 is 21.0. The van der Waals surface area contributed by atoms with Gasteiger partial charge in [-0.05, 0) is 35.2 Å². The minimum Gasteiger partial charge on any atom is -0.486 e. The first-order valence-corrected chi connectivity index (χ1v) is 10.1. The molecule has 2 aromatic carbocycles. The van der Waals surface area contributed by atoms with Gasteiger partial charge in [0.2, 0.25) is 5.16 Å². The van der Waals surface area contributed by atoms with Gasteiger partial charge in [-0.2, -0.15) is 0 Å². The number of hydrogen-bond acceptors (Lipinski definition) is 5. The maximum atomic E-state index is 13.9.